The number of rotatable bonds is 4. The minimum absolute atomic E-state index is 0.115. The second kappa shape index (κ2) is 6.96. The van der Waals surface area contributed by atoms with Gasteiger partial charge in [-0.15, -0.1) is 0 Å². The van der Waals surface area contributed by atoms with Crippen LogP contribution in [0.2, 0.25) is 0 Å². The van der Waals surface area contributed by atoms with Crippen LogP contribution < -0.4 is 5.73 Å². The summed E-state index contributed by atoms with van der Waals surface area (Å²) in [4.78, 5) is 18.8. The number of amides is 1. The van der Waals surface area contributed by atoms with Crippen LogP contribution in [0.1, 0.15) is 28.3 Å². The number of aromatic nitrogens is 4. The van der Waals surface area contributed by atoms with Crippen molar-refractivity contribution < 1.29 is 9.18 Å². The first-order chi connectivity index (χ1) is 13.0. The van der Waals surface area contributed by atoms with Gasteiger partial charge >= 0.3 is 0 Å². The van der Waals surface area contributed by atoms with E-state index in [4.69, 9.17) is 5.73 Å². The van der Waals surface area contributed by atoms with E-state index in [1.807, 2.05) is 10.8 Å². The topological polar surface area (TPSA) is 82.0 Å². The van der Waals surface area contributed by atoms with Crippen molar-refractivity contribution >= 4 is 5.91 Å². The van der Waals surface area contributed by atoms with Gasteiger partial charge in [0.05, 0.1) is 11.9 Å². The van der Waals surface area contributed by atoms with Crippen molar-refractivity contribution in [1.82, 2.24) is 24.2 Å². The van der Waals surface area contributed by atoms with Crippen molar-refractivity contribution in [3.63, 3.8) is 0 Å². The molecule has 0 spiro atoms. The van der Waals surface area contributed by atoms with Gasteiger partial charge in [0.15, 0.2) is 0 Å². The van der Waals surface area contributed by atoms with E-state index in [0.717, 1.165) is 29.9 Å². The van der Waals surface area contributed by atoms with Crippen molar-refractivity contribution in [3.05, 3.63) is 65.8 Å². The van der Waals surface area contributed by atoms with E-state index in [-0.39, 0.29) is 17.8 Å². The first-order valence-corrected chi connectivity index (χ1v) is 8.86. The molecule has 0 radical (unpaired) electrons. The highest BCUT2D eigenvalue weighted by molar-refractivity contribution is 5.92. The summed E-state index contributed by atoms with van der Waals surface area (Å²) < 4.78 is 16.7. The number of nitrogens with zero attached hydrogens (tertiary/aromatic N) is 5. The summed E-state index contributed by atoms with van der Waals surface area (Å²) in [5.41, 5.74) is 8.05. The van der Waals surface area contributed by atoms with Gasteiger partial charge in [-0.2, -0.15) is 5.10 Å². The van der Waals surface area contributed by atoms with Gasteiger partial charge in [0.2, 0.25) is 0 Å². The van der Waals surface area contributed by atoms with E-state index in [1.165, 1.54) is 12.1 Å². The number of nitrogens with two attached hydrogens (primary N) is 1. The van der Waals surface area contributed by atoms with E-state index in [2.05, 4.69) is 10.1 Å². The summed E-state index contributed by atoms with van der Waals surface area (Å²) in [6.45, 7) is 1.10. The predicted octanol–water partition coefficient (Wildman–Crippen LogP) is 1.75. The number of hydrogen-bond donors (Lipinski definition) is 1. The van der Waals surface area contributed by atoms with Crippen molar-refractivity contribution in [1.29, 1.82) is 0 Å². The normalized spacial score (nSPS) is 16.2. The SMILES string of the molecule is CN(Cc1cnn(-c2ccc(F)cc2)c1)C(=O)c1cn2c(n1)CCC(N)C2. The molecule has 1 unspecified atom stereocenters. The Morgan fingerprint density at radius 2 is 2.11 bits per heavy atom. The molecule has 1 aromatic carbocycles. The van der Waals surface area contributed by atoms with Gasteiger partial charge in [0.25, 0.3) is 5.91 Å². The number of aryl methyl sites for hydroxylation is 1. The van der Waals surface area contributed by atoms with Gasteiger partial charge in [-0.3, -0.25) is 4.79 Å². The second-order valence-electron chi connectivity index (χ2n) is 6.92. The fraction of sp³-hybridized carbons (Fsp3) is 0.316. The smallest absolute Gasteiger partial charge is 0.274 e. The molecule has 2 aromatic heterocycles. The van der Waals surface area contributed by atoms with Crippen LogP contribution >= 0.6 is 0 Å². The minimum Gasteiger partial charge on any atom is -0.336 e. The molecule has 0 bridgehead atoms. The molecule has 1 atom stereocenters. The zero-order chi connectivity index (χ0) is 19.0. The highest BCUT2D eigenvalue weighted by Gasteiger charge is 2.22. The Labute approximate surface area is 156 Å². The van der Waals surface area contributed by atoms with Crippen molar-refractivity contribution in [2.75, 3.05) is 7.05 Å². The van der Waals surface area contributed by atoms with Gasteiger partial charge in [-0.05, 0) is 30.7 Å². The first-order valence-electron chi connectivity index (χ1n) is 8.86. The lowest BCUT2D eigenvalue weighted by atomic mass is 10.1. The van der Waals surface area contributed by atoms with Crippen molar-refractivity contribution in [2.45, 2.75) is 32.0 Å². The monoisotopic (exact) mass is 368 g/mol. The summed E-state index contributed by atoms with van der Waals surface area (Å²) in [6.07, 6.45) is 7.00. The average Bonchev–Trinajstić information content (AvgIpc) is 3.28. The van der Waals surface area contributed by atoms with E-state index in [1.54, 1.807) is 41.2 Å². The Morgan fingerprint density at radius 3 is 2.89 bits per heavy atom. The third kappa shape index (κ3) is 3.61. The van der Waals surface area contributed by atoms with E-state index >= 15 is 0 Å². The van der Waals surface area contributed by atoms with Crippen LogP contribution in [0.3, 0.4) is 0 Å². The Morgan fingerprint density at radius 1 is 1.33 bits per heavy atom. The number of hydrogen-bond acceptors (Lipinski definition) is 4. The zero-order valence-corrected chi connectivity index (χ0v) is 15.0. The van der Waals surface area contributed by atoms with Gasteiger partial charge in [0.1, 0.15) is 17.3 Å². The van der Waals surface area contributed by atoms with Crippen LogP contribution in [0, 0.1) is 5.82 Å². The predicted molar refractivity (Wildman–Crippen MR) is 97.8 cm³/mol. The number of carbonyl (C=O) groups is 1. The lowest BCUT2D eigenvalue weighted by Crippen LogP contribution is -2.31. The van der Waals surface area contributed by atoms with Crippen molar-refractivity contribution in [3.8, 4) is 5.69 Å². The molecule has 4 rings (SSSR count). The number of halogens is 1. The molecule has 0 saturated heterocycles. The maximum absolute atomic E-state index is 13.0. The number of imidazole rings is 1. The molecule has 3 aromatic rings. The maximum atomic E-state index is 13.0. The van der Waals surface area contributed by atoms with E-state index in [9.17, 15) is 9.18 Å². The van der Waals surface area contributed by atoms with Gasteiger partial charge in [0, 0.05) is 50.6 Å². The molecule has 1 aliphatic heterocycles. The third-order valence-electron chi connectivity index (χ3n) is 4.74. The molecule has 7 nitrogen and oxygen atoms in total. The molecular formula is C19H21FN6O. The Balaban J connectivity index is 1.45. The zero-order valence-electron chi connectivity index (χ0n) is 15.0. The highest BCUT2D eigenvalue weighted by Crippen LogP contribution is 2.16. The molecule has 2 N–H and O–H groups in total. The third-order valence-corrected chi connectivity index (χ3v) is 4.74. The van der Waals surface area contributed by atoms with Crippen molar-refractivity contribution in [2.24, 2.45) is 5.73 Å². The fourth-order valence-electron chi connectivity index (χ4n) is 3.29. The summed E-state index contributed by atoms with van der Waals surface area (Å²) in [5, 5.41) is 4.29. The van der Waals surface area contributed by atoms with Crippen LogP contribution in [0.5, 0.6) is 0 Å². The summed E-state index contributed by atoms with van der Waals surface area (Å²) in [6, 6.07) is 6.20. The van der Waals surface area contributed by atoms with Crippen LogP contribution in [-0.4, -0.2) is 43.2 Å². The quantitative estimate of drug-likeness (QED) is 0.761. The van der Waals surface area contributed by atoms with Crippen LogP contribution in [0.25, 0.3) is 5.69 Å². The number of carbonyl (C=O) groups excluding carboxylic acids is 1. The molecule has 3 heterocycles. The average molecular weight is 368 g/mol. The van der Waals surface area contributed by atoms with E-state index < -0.39 is 0 Å². The van der Waals surface area contributed by atoms with Crippen LogP contribution in [0.4, 0.5) is 4.39 Å². The van der Waals surface area contributed by atoms with Crippen LogP contribution in [-0.2, 0) is 19.5 Å². The Kier molecular flexibility index (Phi) is 4.49. The Bertz CT molecular complexity index is 961. The molecule has 1 amide bonds. The molecule has 0 aliphatic carbocycles. The Hall–Kier alpha value is -3.00. The minimum atomic E-state index is -0.291. The first kappa shape index (κ1) is 17.4. The number of benzene rings is 1. The number of fused-ring (bicyclic) bond motifs is 1. The molecule has 1 aliphatic rings. The molecule has 140 valence electrons. The molecule has 27 heavy (non-hydrogen) atoms. The molecule has 8 heteroatoms. The lowest BCUT2D eigenvalue weighted by Gasteiger charge is -2.19. The molecular weight excluding hydrogens is 347 g/mol. The molecule has 0 saturated carbocycles. The fourth-order valence-corrected chi connectivity index (χ4v) is 3.29. The van der Waals surface area contributed by atoms with Gasteiger partial charge in [-0.1, -0.05) is 0 Å². The summed E-state index contributed by atoms with van der Waals surface area (Å²) in [7, 11) is 1.74. The molecule has 0 fully saturated rings. The van der Waals surface area contributed by atoms with Gasteiger partial charge in [-0.25, -0.2) is 14.1 Å². The highest BCUT2D eigenvalue weighted by atomic mass is 19.1. The summed E-state index contributed by atoms with van der Waals surface area (Å²) in [5.74, 6) is 0.484. The summed E-state index contributed by atoms with van der Waals surface area (Å²) >= 11 is 0. The van der Waals surface area contributed by atoms with Gasteiger partial charge < -0.3 is 15.2 Å². The lowest BCUT2D eigenvalue weighted by molar-refractivity contribution is 0.0779. The maximum Gasteiger partial charge on any atom is 0.274 e. The second-order valence-corrected chi connectivity index (χ2v) is 6.92. The van der Waals surface area contributed by atoms with Crippen LogP contribution in [0.15, 0.2) is 42.9 Å². The standard InChI is InChI=1S/C19H21FN6O/c1-24(19(27)17-12-25-11-15(21)4-7-18(25)23-17)9-13-8-22-26(10-13)16-5-2-14(20)3-6-16/h2-3,5-6,8,10,12,15H,4,7,9,11,21H2,1H3. The van der Waals surface area contributed by atoms with E-state index in [0.29, 0.717) is 18.8 Å². The largest absolute Gasteiger partial charge is 0.336 e.